The highest BCUT2D eigenvalue weighted by atomic mass is 15.2. The number of hydrogen-bond acceptors (Lipinski definition) is 2. The molecule has 7 aromatic carbocycles. The van der Waals surface area contributed by atoms with Gasteiger partial charge in [0.25, 0.3) is 0 Å². The average molecular weight is 589 g/mol. The van der Waals surface area contributed by atoms with Crippen molar-refractivity contribution in [3.8, 4) is 11.1 Å². The lowest BCUT2D eigenvalue weighted by molar-refractivity contribution is 0.745. The minimum atomic E-state index is 0.289. The molecule has 0 aromatic heterocycles. The van der Waals surface area contributed by atoms with Gasteiger partial charge in [0.05, 0.1) is 6.04 Å². The lowest BCUT2D eigenvalue weighted by Crippen LogP contribution is -2.28. The summed E-state index contributed by atoms with van der Waals surface area (Å²) in [6.07, 6.45) is 9.01. The maximum absolute atomic E-state index is 2.49. The van der Waals surface area contributed by atoms with Crippen molar-refractivity contribution in [2.75, 3.05) is 9.80 Å². The van der Waals surface area contributed by atoms with Gasteiger partial charge in [0, 0.05) is 34.4 Å². The van der Waals surface area contributed by atoms with Gasteiger partial charge in [-0.2, -0.15) is 0 Å². The molecule has 2 aliphatic rings. The van der Waals surface area contributed by atoms with Crippen molar-refractivity contribution >= 4 is 50.0 Å². The molecular weight excluding hydrogens is 556 g/mol. The first-order chi connectivity index (χ1) is 22.8. The first-order valence-corrected chi connectivity index (χ1v) is 16.0. The van der Waals surface area contributed by atoms with Crippen LogP contribution < -0.4 is 9.80 Å². The first-order valence-electron chi connectivity index (χ1n) is 16.0. The molecule has 2 heteroatoms. The van der Waals surface area contributed by atoms with Crippen molar-refractivity contribution in [1.29, 1.82) is 0 Å². The lowest BCUT2D eigenvalue weighted by Gasteiger charge is -2.30. The maximum atomic E-state index is 2.49. The summed E-state index contributed by atoms with van der Waals surface area (Å²) < 4.78 is 0. The fraction of sp³-hybridized carbons (Fsp3) is 0.0455. The van der Waals surface area contributed by atoms with Gasteiger partial charge >= 0.3 is 0 Å². The van der Waals surface area contributed by atoms with Crippen molar-refractivity contribution in [3.05, 3.63) is 188 Å². The summed E-state index contributed by atoms with van der Waals surface area (Å²) >= 11 is 0. The van der Waals surface area contributed by atoms with Crippen molar-refractivity contribution in [3.63, 3.8) is 0 Å². The van der Waals surface area contributed by atoms with E-state index in [9.17, 15) is 0 Å². The van der Waals surface area contributed by atoms with E-state index < -0.39 is 0 Å². The van der Waals surface area contributed by atoms with E-state index in [4.69, 9.17) is 0 Å². The van der Waals surface area contributed by atoms with Gasteiger partial charge in [-0.3, -0.25) is 0 Å². The molecule has 1 aliphatic heterocycles. The second-order valence-electron chi connectivity index (χ2n) is 12.1. The summed E-state index contributed by atoms with van der Waals surface area (Å²) in [5.41, 5.74) is 9.74. The number of fused-ring (bicyclic) bond motifs is 6. The Balaban J connectivity index is 1.10. The van der Waals surface area contributed by atoms with Gasteiger partial charge in [-0.25, -0.2) is 0 Å². The lowest BCUT2D eigenvalue weighted by atomic mass is 9.91. The third-order valence-corrected chi connectivity index (χ3v) is 9.56. The second kappa shape index (κ2) is 10.9. The average Bonchev–Trinajstić information content (AvgIpc) is 3.47. The summed E-state index contributed by atoms with van der Waals surface area (Å²) in [6.45, 7) is 0. The quantitative estimate of drug-likeness (QED) is 0.185. The molecule has 46 heavy (non-hydrogen) atoms. The number of nitrogens with zero attached hydrogens (tertiary/aromatic N) is 2. The van der Waals surface area contributed by atoms with E-state index in [0.29, 0.717) is 5.92 Å². The second-order valence-corrected chi connectivity index (χ2v) is 12.1. The van der Waals surface area contributed by atoms with Gasteiger partial charge < -0.3 is 9.80 Å². The predicted molar refractivity (Wildman–Crippen MR) is 195 cm³/mol. The van der Waals surface area contributed by atoms with Crippen LogP contribution in [0, 0.1) is 0 Å². The molecule has 0 saturated carbocycles. The number of anilines is 5. The van der Waals surface area contributed by atoms with E-state index in [-0.39, 0.29) is 6.04 Å². The Hall–Kier alpha value is -5.86. The monoisotopic (exact) mass is 588 g/mol. The molecule has 0 bridgehead atoms. The normalized spacial score (nSPS) is 16.5. The van der Waals surface area contributed by atoms with Crippen LogP contribution in [-0.2, 0) is 0 Å². The van der Waals surface area contributed by atoms with E-state index in [1.165, 1.54) is 49.6 Å². The van der Waals surface area contributed by atoms with Crippen LogP contribution in [0.5, 0.6) is 0 Å². The number of rotatable bonds is 5. The molecule has 0 fully saturated rings. The highest BCUT2D eigenvalue weighted by molar-refractivity contribution is 6.13. The number of benzene rings is 7. The Morgan fingerprint density at radius 2 is 1.09 bits per heavy atom. The van der Waals surface area contributed by atoms with Crippen molar-refractivity contribution in [1.82, 2.24) is 0 Å². The zero-order valence-corrected chi connectivity index (χ0v) is 25.4. The fourth-order valence-electron chi connectivity index (χ4n) is 7.46. The Morgan fingerprint density at radius 3 is 1.89 bits per heavy atom. The van der Waals surface area contributed by atoms with E-state index in [1.807, 2.05) is 0 Å². The molecule has 2 nitrogen and oxygen atoms in total. The summed E-state index contributed by atoms with van der Waals surface area (Å²) in [5.74, 6) is 0.375. The highest BCUT2D eigenvalue weighted by Crippen LogP contribution is 2.48. The largest absolute Gasteiger partial charge is 0.333 e. The third kappa shape index (κ3) is 4.34. The van der Waals surface area contributed by atoms with Crippen LogP contribution in [0.2, 0.25) is 0 Å². The molecule has 0 spiro atoms. The van der Waals surface area contributed by atoms with E-state index in [0.717, 1.165) is 17.1 Å². The van der Waals surface area contributed by atoms with Crippen molar-refractivity contribution < 1.29 is 0 Å². The molecule has 1 aliphatic carbocycles. The van der Waals surface area contributed by atoms with Crippen LogP contribution >= 0.6 is 0 Å². The van der Waals surface area contributed by atoms with Crippen LogP contribution in [0.1, 0.15) is 11.5 Å². The molecule has 0 N–H and O–H groups in total. The standard InChI is InChI=1S/C44H32N2/c1-2-13-33(14-3-1)45(35-26-28-36(29-27-35)46-43-20-10-8-18-40(43)41-19-9-11-21-44(41)46)34-24-22-31(23-25-34)42-30-32-12-4-5-15-37(32)38-16-6-7-17-39(38)42/h1-30,40,43H. The van der Waals surface area contributed by atoms with E-state index >= 15 is 0 Å². The number of hydrogen-bond donors (Lipinski definition) is 0. The molecule has 0 saturated heterocycles. The highest BCUT2D eigenvalue weighted by Gasteiger charge is 2.37. The fourth-order valence-corrected chi connectivity index (χ4v) is 7.46. The number of allylic oxidation sites excluding steroid dienone is 2. The minimum Gasteiger partial charge on any atom is -0.333 e. The molecule has 0 radical (unpaired) electrons. The molecule has 218 valence electrons. The van der Waals surface area contributed by atoms with Gasteiger partial charge in [-0.1, -0.05) is 121 Å². The van der Waals surface area contributed by atoms with Crippen molar-refractivity contribution in [2.45, 2.75) is 12.0 Å². The van der Waals surface area contributed by atoms with E-state index in [1.54, 1.807) is 0 Å². The molecule has 2 atom stereocenters. The summed E-state index contributed by atoms with van der Waals surface area (Å²) in [6, 6.07) is 57.6. The van der Waals surface area contributed by atoms with E-state index in [2.05, 4.69) is 192 Å². The van der Waals surface area contributed by atoms with Gasteiger partial charge in [-0.05, 0) is 98.9 Å². The summed E-state index contributed by atoms with van der Waals surface area (Å²) in [4.78, 5) is 4.83. The van der Waals surface area contributed by atoms with Crippen molar-refractivity contribution in [2.24, 2.45) is 0 Å². The SMILES string of the molecule is C1=CC2c3ccccc3N(c3ccc(N(c4ccccc4)c4ccc(-c5cc6ccccc6c6ccccc56)cc4)cc3)C2C=C1. The molecule has 9 rings (SSSR count). The topological polar surface area (TPSA) is 6.48 Å². The Morgan fingerprint density at radius 1 is 0.478 bits per heavy atom. The van der Waals surface area contributed by atoms with Gasteiger partial charge in [0.1, 0.15) is 0 Å². The Bertz CT molecular complexity index is 2260. The van der Waals surface area contributed by atoms with Crippen LogP contribution in [-0.4, -0.2) is 6.04 Å². The van der Waals surface area contributed by atoms with Gasteiger partial charge in [-0.15, -0.1) is 0 Å². The zero-order chi connectivity index (χ0) is 30.5. The van der Waals surface area contributed by atoms with Crippen LogP contribution in [0.25, 0.3) is 32.7 Å². The van der Waals surface area contributed by atoms with Gasteiger partial charge in [0.2, 0.25) is 0 Å². The maximum Gasteiger partial charge on any atom is 0.0629 e. The van der Waals surface area contributed by atoms with Crippen LogP contribution in [0.4, 0.5) is 28.4 Å². The minimum absolute atomic E-state index is 0.289. The molecule has 2 unspecified atom stereocenters. The number of para-hydroxylation sites is 2. The molecule has 1 heterocycles. The summed E-state index contributed by atoms with van der Waals surface area (Å²) in [5, 5.41) is 5.12. The molecular formula is C44H32N2. The van der Waals surface area contributed by atoms with Crippen LogP contribution in [0.3, 0.4) is 0 Å². The molecule has 0 amide bonds. The summed E-state index contributed by atoms with van der Waals surface area (Å²) in [7, 11) is 0. The van der Waals surface area contributed by atoms with Crippen LogP contribution in [0.15, 0.2) is 182 Å². The van der Waals surface area contributed by atoms with Gasteiger partial charge in [0.15, 0.2) is 0 Å². The first kappa shape index (κ1) is 26.5. The Labute approximate surface area is 269 Å². The Kier molecular flexibility index (Phi) is 6.31. The zero-order valence-electron chi connectivity index (χ0n) is 25.4. The molecule has 7 aromatic rings. The smallest absolute Gasteiger partial charge is 0.0629 e. The predicted octanol–water partition coefficient (Wildman–Crippen LogP) is 11.9. The third-order valence-electron chi connectivity index (χ3n) is 9.56.